The Kier molecular flexibility index (Phi) is 6.22. The van der Waals surface area contributed by atoms with Crippen LogP contribution in [0.4, 0.5) is 0 Å². The smallest absolute Gasteiger partial charge is 0.214 e. The maximum absolute atomic E-state index is 12.0. The second-order valence-corrected chi connectivity index (χ2v) is 7.70. The summed E-state index contributed by atoms with van der Waals surface area (Å²) in [7, 11) is -3.23. The van der Waals surface area contributed by atoms with Gasteiger partial charge in [-0.3, -0.25) is 0 Å². The van der Waals surface area contributed by atoms with Crippen LogP contribution in [0.1, 0.15) is 38.5 Å². The molecule has 0 spiro atoms. The molecule has 118 valence electrons. The fraction of sp³-hybridized carbons (Fsp3) is 1.00. The number of nitrogens with one attached hydrogen (secondary N) is 1. The van der Waals surface area contributed by atoms with Gasteiger partial charge in [0.15, 0.2) is 0 Å². The Hall–Kier alpha value is -0.210. The van der Waals surface area contributed by atoms with Gasteiger partial charge in [0, 0.05) is 25.8 Å². The molecule has 3 N–H and O–H groups in total. The maximum atomic E-state index is 12.0. The summed E-state index contributed by atoms with van der Waals surface area (Å²) in [6, 6.07) is 0.307. The van der Waals surface area contributed by atoms with E-state index in [9.17, 15) is 8.42 Å². The third-order valence-electron chi connectivity index (χ3n) is 4.08. The Morgan fingerprint density at radius 2 is 1.75 bits per heavy atom. The van der Waals surface area contributed by atoms with Crippen LogP contribution in [0.25, 0.3) is 0 Å². The molecule has 0 aromatic heterocycles. The predicted octanol–water partition coefficient (Wildman–Crippen LogP) is 0.371. The van der Waals surface area contributed by atoms with Crippen LogP contribution in [0.3, 0.4) is 0 Å². The minimum atomic E-state index is -3.23. The SMILES string of the molecule is NC1CCC(OCCNS(=O)(=O)C2CCOCC2)CC1. The summed E-state index contributed by atoms with van der Waals surface area (Å²) in [5.74, 6) is 0. The van der Waals surface area contributed by atoms with Crippen molar-refractivity contribution in [2.75, 3.05) is 26.4 Å². The highest BCUT2D eigenvalue weighted by Gasteiger charge is 2.27. The Balaban J connectivity index is 1.62. The van der Waals surface area contributed by atoms with Gasteiger partial charge >= 0.3 is 0 Å². The minimum Gasteiger partial charge on any atom is -0.381 e. The molecule has 6 nitrogen and oxygen atoms in total. The fourth-order valence-electron chi connectivity index (χ4n) is 2.77. The lowest BCUT2D eigenvalue weighted by molar-refractivity contribution is 0.0286. The molecule has 0 bridgehead atoms. The summed E-state index contributed by atoms with van der Waals surface area (Å²) in [5, 5.41) is -0.316. The second kappa shape index (κ2) is 7.70. The van der Waals surface area contributed by atoms with Crippen molar-refractivity contribution < 1.29 is 17.9 Å². The molecule has 2 aliphatic rings. The molecular weight excluding hydrogens is 280 g/mol. The topological polar surface area (TPSA) is 90.6 Å². The number of hydrogen-bond donors (Lipinski definition) is 2. The van der Waals surface area contributed by atoms with E-state index in [2.05, 4.69) is 4.72 Å². The molecule has 0 atom stereocenters. The molecule has 7 heteroatoms. The molecule has 1 heterocycles. The van der Waals surface area contributed by atoms with Crippen molar-refractivity contribution in [2.24, 2.45) is 5.73 Å². The zero-order valence-electron chi connectivity index (χ0n) is 11.9. The third kappa shape index (κ3) is 4.96. The average molecular weight is 306 g/mol. The summed E-state index contributed by atoms with van der Waals surface area (Å²) < 4.78 is 37.6. The van der Waals surface area contributed by atoms with E-state index >= 15 is 0 Å². The normalized spacial score (nSPS) is 29.4. The molecule has 1 saturated carbocycles. The van der Waals surface area contributed by atoms with E-state index < -0.39 is 10.0 Å². The molecular formula is C13H26N2O4S. The summed E-state index contributed by atoms with van der Waals surface area (Å²) in [6.45, 7) is 1.85. The molecule has 2 fully saturated rings. The van der Waals surface area contributed by atoms with Crippen LogP contribution in [0.15, 0.2) is 0 Å². The van der Waals surface area contributed by atoms with Crippen molar-refractivity contribution in [3.63, 3.8) is 0 Å². The van der Waals surface area contributed by atoms with E-state index in [1.807, 2.05) is 0 Å². The molecule has 1 aliphatic heterocycles. The van der Waals surface area contributed by atoms with Gasteiger partial charge in [0.25, 0.3) is 0 Å². The molecule has 0 amide bonds. The van der Waals surface area contributed by atoms with Crippen molar-refractivity contribution in [1.29, 1.82) is 0 Å². The van der Waals surface area contributed by atoms with Gasteiger partial charge in [0.05, 0.1) is 18.0 Å². The Morgan fingerprint density at radius 3 is 2.40 bits per heavy atom. The van der Waals surface area contributed by atoms with E-state index in [1.54, 1.807) is 0 Å². The number of sulfonamides is 1. The Morgan fingerprint density at radius 1 is 1.10 bits per heavy atom. The molecule has 2 rings (SSSR count). The summed E-state index contributed by atoms with van der Waals surface area (Å²) in [5.41, 5.74) is 5.83. The third-order valence-corrected chi connectivity index (χ3v) is 6.04. The minimum absolute atomic E-state index is 0.238. The monoisotopic (exact) mass is 306 g/mol. The van der Waals surface area contributed by atoms with Gasteiger partial charge in [0.1, 0.15) is 0 Å². The van der Waals surface area contributed by atoms with Crippen LogP contribution in [0.5, 0.6) is 0 Å². The first kappa shape index (κ1) is 16.2. The highest BCUT2D eigenvalue weighted by atomic mass is 32.2. The number of nitrogens with two attached hydrogens (primary N) is 1. The van der Waals surface area contributed by atoms with Crippen LogP contribution >= 0.6 is 0 Å². The van der Waals surface area contributed by atoms with Gasteiger partial charge in [-0.05, 0) is 38.5 Å². The van der Waals surface area contributed by atoms with Crippen LogP contribution in [-0.2, 0) is 19.5 Å². The molecule has 0 radical (unpaired) electrons. The fourth-order valence-corrected chi connectivity index (χ4v) is 4.19. The first-order valence-corrected chi connectivity index (χ1v) is 9.06. The summed E-state index contributed by atoms with van der Waals surface area (Å²) >= 11 is 0. The van der Waals surface area contributed by atoms with Crippen molar-refractivity contribution in [3.05, 3.63) is 0 Å². The zero-order chi connectivity index (χ0) is 14.4. The van der Waals surface area contributed by atoms with Crippen molar-refractivity contribution >= 4 is 10.0 Å². The van der Waals surface area contributed by atoms with Crippen molar-refractivity contribution in [1.82, 2.24) is 4.72 Å². The van der Waals surface area contributed by atoms with Crippen LogP contribution in [0, 0.1) is 0 Å². The molecule has 20 heavy (non-hydrogen) atoms. The summed E-state index contributed by atoms with van der Waals surface area (Å²) in [6.07, 6.45) is 5.36. The van der Waals surface area contributed by atoms with Crippen LogP contribution in [-0.4, -0.2) is 52.2 Å². The highest BCUT2D eigenvalue weighted by molar-refractivity contribution is 7.90. The first-order chi connectivity index (χ1) is 9.58. The van der Waals surface area contributed by atoms with Crippen molar-refractivity contribution in [2.45, 2.75) is 55.9 Å². The molecule has 1 aliphatic carbocycles. The molecule has 0 aromatic carbocycles. The van der Waals surface area contributed by atoms with E-state index in [-0.39, 0.29) is 11.4 Å². The van der Waals surface area contributed by atoms with Gasteiger partial charge in [-0.1, -0.05) is 0 Å². The van der Waals surface area contributed by atoms with E-state index in [0.717, 1.165) is 25.7 Å². The van der Waals surface area contributed by atoms with E-state index in [0.29, 0.717) is 45.2 Å². The average Bonchev–Trinajstić information content (AvgIpc) is 2.46. The van der Waals surface area contributed by atoms with Crippen LogP contribution in [0.2, 0.25) is 0 Å². The maximum Gasteiger partial charge on any atom is 0.214 e. The summed E-state index contributed by atoms with van der Waals surface area (Å²) in [4.78, 5) is 0. The number of rotatable bonds is 6. The first-order valence-electron chi connectivity index (χ1n) is 7.51. The predicted molar refractivity (Wildman–Crippen MR) is 76.9 cm³/mol. The molecule has 0 unspecified atom stereocenters. The lowest BCUT2D eigenvalue weighted by Crippen LogP contribution is -2.40. The number of ether oxygens (including phenoxy) is 2. The highest BCUT2D eigenvalue weighted by Crippen LogP contribution is 2.19. The number of hydrogen-bond acceptors (Lipinski definition) is 5. The standard InChI is InChI=1S/C13H26N2O4S/c14-11-1-3-12(4-2-11)19-10-7-15-20(16,17)13-5-8-18-9-6-13/h11-13,15H,1-10,14H2. The van der Waals surface area contributed by atoms with Gasteiger partial charge in [0.2, 0.25) is 10.0 Å². The lowest BCUT2D eigenvalue weighted by atomic mass is 9.94. The van der Waals surface area contributed by atoms with Gasteiger partial charge < -0.3 is 15.2 Å². The van der Waals surface area contributed by atoms with E-state index in [1.165, 1.54) is 0 Å². The zero-order valence-corrected chi connectivity index (χ0v) is 12.7. The van der Waals surface area contributed by atoms with Crippen molar-refractivity contribution in [3.8, 4) is 0 Å². The Bertz CT molecular complexity index is 374. The largest absolute Gasteiger partial charge is 0.381 e. The molecule has 0 aromatic rings. The van der Waals surface area contributed by atoms with Gasteiger partial charge in [-0.15, -0.1) is 0 Å². The quantitative estimate of drug-likeness (QED) is 0.692. The second-order valence-electron chi connectivity index (χ2n) is 5.66. The lowest BCUT2D eigenvalue weighted by Gasteiger charge is -2.26. The van der Waals surface area contributed by atoms with Gasteiger partial charge in [-0.2, -0.15) is 0 Å². The van der Waals surface area contributed by atoms with E-state index in [4.69, 9.17) is 15.2 Å². The van der Waals surface area contributed by atoms with Crippen LogP contribution < -0.4 is 10.5 Å². The molecule has 1 saturated heterocycles. The van der Waals surface area contributed by atoms with Gasteiger partial charge in [-0.25, -0.2) is 13.1 Å². The Labute approximate surface area is 121 Å².